The van der Waals surface area contributed by atoms with Gasteiger partial charge in [0.25, 0.3) is 10.0 Å². The maximum absolute atomic E-state index is 12.5. The predicted octanol–water partition coefficient (Wildman–Crippen LogP) is 1.13. The molecule has 0 saturated heterocycles. The smallest absolute Gasteiger partial charge is 0.262 e. The highest BCUT2D eigenvalue weighted by Crippen LogP contribution is 2.15. The first-order valence-corrected chi connectivity index (χ1v) is 8.42. The molecule has 0 aliphatic carbocycles. The molecule has 9 heteroatoms. The van der Waals surface area contributed by atoms with Gasteiger partial charge in [-0.25, -0.2) is 13.4 Å². The fourth-order valence-electron chi connectivity index (χ4n) is 1.88. The Bertz CT molecular complexity index is 728. The van der Waals surface area contributed by atoms with Crippen LogP contribution in [0.1, 0.15) is 31.4 Å². The van der Waals surface area contributed by atoms with Crippen LogP contribution in [0.15, 0.2) is 15.7 Å². The molecule has 2 heterocycles. The molecule has 8 nitrogen and oxygen atoms in total. The summed E-state index contributed by atoms with van der Waals surface area (Å²) in [5, 5.41) is 3.84. The minimum atomic E-state index is -3.67. The lowest BCUT2D eigenvalue weighted by atomic mass is 10.1. The van der Waals surface area contributed by atoms with Crippen molar-refractivity contribution in [2.45, 2.75) is 38.8 Å². The van der Waals surface area contributed by atoms with Crippen molar-refractivity contribution in [3.63, 3.8) is 0 Å². The van der Waals surface area contributed by atoms with Crippen LogP contribution >= 0.6 is 0 Å². The van der Waals surface area contributed by atoms with Crippen molar-refractivity contribution in [3.8, 4) is 0 Å². The van der Waals surface area contributed by atoms with Crippen molar-refractivity contribution in [1.29, 1.82) is 0 Å². The zero-order chi connectivity index (χ0) is 16.5. The summed E-state index contributed by atoms with van der Waals surface area (Å²) >= 11 is 0. The molecule has 0 atom stereocenters. The van der Waals surface area contributed by atoms with E-state index in [1.807, 2.05) is 13.8 Å². The zero-order valence-electron chi connectivity index (χ0n) is 13.4. The molecule has 22 heavy (non-hydrogen) atoms. The van der Waals surface area contributed by atoms with Gasteiger partial charge < -0.3 is 9.09 Å². The number of nitrogens with zero attached hydrogens (tertiary/aromatic N) is 5. The van der Waals surface area contributed by atoms with E-state index in [9.17, 15) is 8.42 Å². The van der Waals surface area contributed by atoms with Crippen LogP contribution in [0.25, 0.3) is 0 Å². The average Bonchev–Trinajstić information content (AvgIpc) is 2.97. The summed E-state index contributed by atoms with van der Waals surface area (Å²) < 4.78 is 32.8. The summed E-state index contributed by atoms with van der Waals surface area (Å²) in [6.07, 6.45) is 2.16. The van der Waals surface area contributed by atoms with Crippen LogP contribution in [0.3, 0.4) is 0 Å². The average molecular weight is 327 g/mol. The van der Waals surface area contributed by atoms with E-state index >= 15 is 0 Å². The quantitative estimate of drug-likeness (QED) is 0.789. The third kappa shape index (κ3) is 3.53. The molecule has 0 spiro atoms. The monoisotopic (exact) mass is 327 g/mol. The summed E-state index contributed by atoms with van der Waals surface area (Å²) in [6.45, 7) is 5.88. The van der Waals surface area contributed by atoms with Crippen molar-refractivity contribution in [3.05, 3.63) is 23.7 Å². The Balaban J connectivity index is 2.14. The summed E-state index contributed by atoms with van der Waals surface area (Å²) in [6, 6.07) is 0. The molecule has 2 aromatic rings. The van der Waals surface area contributed by atoms with Crippen molar-refractivity contribution in [1.82, 2.24) is 24.0 Å². The second-order valence-corrected chi connectivity index (χ2v) is 7.69. The Morgan fingerprint density at radius 3 is 2.59 bits per heavy atom. The summed E-state index contributed by atoms with van der Waals surface area (Å²) in [5.74, 6) is 1.89. The standard InChI is InChI=1S/C13H21N5O3S/c1-9(2)6-12-15-11(16-21-12)7-18(5)22(19,20)13-8-17(4)10(3)14-13/h8-9H,6-7H2,1-5H3. The lowest BCUT2D eigenvalue weighted by molar-refractivity contribution is 0.353. The van der Waals surface area contributed by atoms with E-state index in [4.69, 9.17) is 4.52 Å². The van der Waals surface area contributed by atoms with E-state index in [0.717, 1.165) is 0 Å². The Hall–Kier alpha value is -1.74. The number of imidazole rings is 1. The number of hydrogen-bond donors (Lipinski definition) is 0. The Kier molecular flexibility index (Phi) is 4.66. The third-order valence-electron chi connectivity index (χ3n) is 3.22. The maximum Gasteiger partial charge on any atom is 0.262 e. The van der Waals surface area contributed by atoms with Gasteiger partial charge in [0, 0.05) is 26.7 Å². The molecule has 0 radical (unpaired) electrons. The van der Waals surface area contributed by atoms with E-state index < -0.39 is 10.0 Å². The van der Waals surface area contributed by atoms with Gasteiger partial charge in [0.05, 0.1) is 6.54 Å². The number of aryl methyl sites for hydroxylation is 2. The van der Waals surface area contributed by atoms with Gasteiger partial charge in [-0.05, 0) is 12.8 Å². The summed E-state index contributed by atoms with van der Waals surface area (Å²) in [5.41, 5.74) is 0. The van der Waals surface area contributed by atoms with E-state index in [1.165, 1.54) is 17.5 Å². The van der Waals surface area contributed by atoms with Gasteiger partial charge >= 0.3 is 0 Å². The van der Waals surface area contributed by atoms with Crippen LogP contribution in [-0.4, -0.2) is 39.5 Å². The second-order valence-electron chi connectivity index (χ2n) is 5.70. The van der Waals surface area contributed by atoms with Gasteiger partial charge in [-0.3, -0.25) is 0 Å². The fourth-order valence-corrected chi connectivity index (χ4v) is 3.02. The fraction of sp³-hybridized carbons (Fsp3) is 0.615. The number of rotatable bonds is 6. The summed E-state index contributed by atoms with van der Waals surface area (Å²) in [7, 11) is -0.454. The molecule has 2 aromatic heterocycles. The minimum absolute atomic E-state index is 0.0147. The molecule has 0 aliphatic rings. The Labute approximate surface area is 130 Å². The number of aromatic nitrogens is 4. The van der Waals surface area contributed by atoms with Crippen LogP contribution in [0.5, 0.6) is 0 Å². The first kappa shape index (κ1) is 16.6. The number of hydrogen-bond acceptors (Lipinski definition) is 6. The third-order valence-corrected chi connectivity index (χ3v) is 4.89. The largest absolute Gasteiger partial charge is 0.339 e. The van der Waals surface area contributed by atoms with Crippen molar-refractivity contribution in [2.75, 3.05) is 7.05 Å². The highest BCUT2D eigenvalue weighted by molar-refractivity contribution is 7.89. The van der Waals surface area contributed by atoms with Gasteiger partial charge in [0.15, 0.2) is 10.9 Å². The maximum atomic E-state index is 12.5. The molecular weight excluding hydrogens is 306 g/mol. The predicted molar refractivity (Wildman–Crippen MR) is 79.4 cm³/mol. The minimum Gasteiger partial charge on any atom is -0.339 e. The molecule has 0 saturated carbocycles. The molecule has 0 unspecified atom stereocenters. The van der Waals surface area contributed by atoms with Crippen molar-refractivity contribution in [2.24, 2.45) is 13.0 Å². The van der Waals surface area contributed by atoms with E-state index in [2.05, 4.69) is 15.1 Å². The lowest BCUT2D eigenvalue weighted by Crippen LogP contribution is -2.27. The molecule has 0 N–H and O–H groups in total. The molecule has 0 aliphatic heterocycles. The van der Waals surface area contributed by atoms with Crippen LogP contribution in [0, 0.1) is 12.8 Å². The molecular formula is C13H21N5O3S. The molecule has 0 aromatic carbocycles. The normalized spacial score (nSPS) is 12.5. The summed E-state index contributed by atoms with van der Waals surface area (Å²) in [4.78, 5) is 8.27. The van der Waals surface area contributed by atoms with Crippen molar-refractivity contribution < 1.29 is 12.9 Å². The van der Waals surface area contributed by atoms with Crippen LogP contribution in [0.4, 0.5) is 0 Å². The van der Waals surface area contributed by atoms with Crippen LogP contribution in [0.2, 0.25) is 0 Å². The topological polar surface area (TPSA) is 94.1 Å². The molecule has 0 amide bonds. The zero-order valence-corrected chi connectivity index (χ0v) is 14.3. The SMILES string of the molecule is Cc1nc(S(=O)(=O)N(C)Cc2noc(CC(C)C)n2)cn1C. The lowest BCUT2D eigenvalue weighted by Gasteiger charge is -2.12. The van der Waals surface area contributed by atoms with E-state index in [0.29, 0.717) is 29.9 Å². The van der Waals surface area contributed by atoms with Gasteiger partial charge in [-0.2, -0.15) is 9.29 Å². The molecule has 0 fully saturated rings. The Morgan fingerprint density at radius 2 is 2.05 bits per heavy atom. The molecule has 0 bridgehead atoms. The van der Waals surface area contributed by atoms with Gasteiger partial charge in [-0.15, -0.1) is 0 Å². The van der Waals surface area contributed by atoms with E-state index in [1.54, 1.807) is 18.5 Å². The Morgan fingerprint density at radius 1 is 1.36 bits per heavy atom. The van der Waals surface area contributed by atoms with Crippen LogP contribution < -0.4 is 0 Å². The first-order valence-electron chi connectivity index (χ1n) is 6.98. The molecule has 2 rings (SSSR count). The van der Waals surface area contributed by atoms with Gasteiger partial charge in [0.1, 0.15) is 5.82 Å². The van der Waals surface area contributed by atoms with Gasteiger partial charge in [0.2, 0.25) is 5.89 Å². The van der Waals surface area contributed by atoms with Crippen LogP contribution in [-0.2, 0) is 30.0 Å². The van der Waals surface area contributed by atoms with E-state index in [-0.39, 0.29) is 11.6 Å². The highest BCUT2D eigenvalue weighted by Gasteiger charge is 2.25. The number of sulfonamides is 1. The van der Waals surface area contributed by atoms with Crippen molar-refractivity contribution >= 4 is 10.0 Å². The first-order chi connectivity index (χ1) is 10.2. The molecule has 122 valence electrons. The second kappa shape index (κ2) is 6.17. The van der Waals surface area contributed by atoms with Gasteiger partial charge in [-0.1, -0.05) is 19.0 Å². The highest BCUT2D eigenvalue weighted by atomic mass is 32.2.